The minimum Gasteiger partial charge on any atom is -0.204 e. The van der Waals surface area contributed by atoms with Crippen molar-refractivity contribution in [3.8, 4) is 0 Å². The van der Waals surface area contributed by atoms with Crippen molar-refractivity contribution in [1.29, 1.82) is 0 Å². The van der Waals surface area contributed by atoms with Gasteiger partial charge < -0.3 is 0 Å². The molecule has 3 heteroatoms. The second-order valence-electron chi connectivity index (χ2n) is 3.92. The molecule has 1 atom stereocenters. The van der Waals surface area contributed by atoms with Crippen LogP contribution in [0.3, 0.4) is 0 Å². The van der Waals surface area contributed by atoms with E-state index in [1.807, 2.05) is 13.0 Å². The molecule has 1 aromatic carbocycles. The van der Waals surface area contributed by atoms with Gasteiger partial charge in [-0.15, -0.1) is 6.58 Å². The van der Waals surface area contributed by atoms with Crippen LogP contribution in [0.5, 0.6) is 0 Å². The normalized spacial score (nSPS) is 14.7. The molecule has 0 amide bonds. The quantitative estimate of drug-likeness (QED) is 0.573. The van der Waals surface area contributed by atoms with Gasteiger partial charge in [-0.2, -0.15) is 0 Å². The Balaban J connectivity index is 2.89. The lowest BCUT2D eigenvalue weighted by Gasteiger charge is -2.22. The van der Waals surface area contributed by atoms with E-state index in [2.05, 4.69) is 22.5 Å². The summed E-state index contributed by atoms with van der Waals surface area (Å²) in [6.45, 7) is 5.75. The Kier molecular flexibility index (Phi) is 4.03. The SMILES string of the molecule is C=CC(C)(CBr)Cc1ccc(F)c(F)c1. The third-order valence-electron chi connectivity index (χ3n) is 2.39. The summed E-state index contributed by atoms with van der Waals surface area (Å²) in [6.07, 6.45) is 2.46. The molecule has 0 aliphatic rings. The first-order valence-corrected chi connectivity index (χ1v) is 5.76. The van der Waals surface area contributed by atoms with Crippen LogP contribution in [0.1, 0.15) is 12.5 Å². The van der Waals surface area contributed by atoms with Crippen molar-refractivity contribution >= 4 is 15.9 Å². The predicted molar refractivity (Wildman–Crippen MR) is 62.2 cm³/mol. The highest BCUT2D eigenvalue weighted by molar-refractivity contribution is 9.09. The van der Waals surface area contributed by atoms with Gasteiger partial charge in [0.05, 0.1) is 0 Å². The lowest BCUT2D eigenvalue weighted by atomic mass is 9.86. The number of alkyl halides is 1. The van der Waals surface area contributed by atoms with Gasteiger partial charge in [0.25, 0.3) is 0 Å². The summed E-state index contributed by atoms with van der Waals surface area (Å²) in [5, 5.41) is 0.739. The molecule has 82 valence electrons. The van der Waals surface area contributed by atoms with Crippen molar-refractivity contribution in [2.75, 3.05) is 5.33 Å². The van der Waals surface area contributed by atoms with Crippen molar-refractivity contribution < 1.29 is 8.78 Å². The van der Waals surface area contributed by atoms with Crippen LogP contribution in [0.25, 0.3) is 0 Å². The van der Waals surface area contributed by atoms with Crippen LogP contribution in [0, 0.1) is 17.0 Å². The van der Waals surface area contributed by atoms with E-state index in [0.717, 1.165) is 17.0 Å². The van der Waals surface area contributed by atoms with Gasteiger partial charge in [0.15, 0.2) is 11.6 Å². The maximum atomic E-state index is 12.9. The average molecular weight is 275 g/mol. The highest BCUT2D eigenvalue weighted by Crippen LogP contribution is 2.26. The molecule has 0 bridgehead atoms. The standard InChI is InChI=1S/C12H13BrF2/c1-3-12(2,8-13)7-9-4-5-10(14)11(15)6-9/h3-6H,1,7-8H2,2H3. The number of hydrogen-bond acceptors (Lipinski definition) is 0. The molecule has 1 unspecified atom stereocenters. The molecule has 0 spiro atoms. The summed E-state index contributed by atoms with van der Waals surface area (Å²) in [5.74, 6) is -1.61. The molecule has 1 rings (SSSR count). The van der Waals surface area contributed by atoms with E-state index < -0.39 is 11.6 Å². The van der Waals surface area contributed by atoms with Crippen LogP contribution in [-0.2, 0) is 6.42 Å². The summed E-state index contributed by atoms with van der Waals surface area (Å²) in [4.78, 5) is 0. The number of allylic oxidation sites excluding steroid dienone is 1. The second-order valence-corrected chi connectivity index (χ2v) is 4.48. The molecule has 15 heavy (non-hydrogen) atoms. The molecule has 0 radical (unpaired) electrons. The highest BCUT2D eigenvalue weighted by atomic mass is 79.9. The van der Waals surface area contributed by atoms with Crippen molar-refractivity contribution in [3.63, 3.8) is 0 Å². The van der Waals surface area contributed by atoms with Crippen molar-refractivity contribution in [2.45, 2.75) is 13.3 Å². The van der Waals surface area contributed by atoms with Crippen LogP contribution < -0.4 is 0 Å². The van der Waals surface area contributed by atoms with E-state index in [4.69, 9.17) is 0 Å². The number of hydrogen-bond donors (Lipinski definition) is 0. The minimum atomic E-state index is -0.808. The molecule has 0 saturated heterocycles. The Labute approximate surface area is 97.1 Å². The Morgan fingerprint density at radius 1 is 1.40 bits per heavy atom. The molecule has 0 heterocycles. The van der Waals surface area contributed by atoms with Crippen LogP contribution in [0.2, 0.25) is 0 Å². The monoisotopic (exact) mass is 274 g/mol. The van der Waals surface area contributed by atoms with E-state index in [9.17, 15) is 8.78 Å². The fourth-order valence-corrected chi connectivity index (χ4v) is 1.72. The molecule has 0 aliphatic heterocycles. The van der Waals surface area contributed by atoms with E-state index in [1.54, 1.807) is 6.07 Å². The molecular formula is C12H13BrF2. The molecule has 0 aromatic heterocycles. The third kappa shape index (κ3) is 3.13. The fourth-order valence-electron chi connectivity index (χ4n) is 1.29. The highest BCUT2D eigenvalue weighted by Gasteiger charge is 2.19. The Bertz CT molecular complexity index is 363. The number of benzene rings is 1. The lowest BCUT2D eigenvalue weighted by Crippen LogP contribution is -2.18. The minimum absolute atomic E-state index is 0.135. The van der Waals surface area contributed by atoms with E-state index >= 15 is 0 Å². The van der Waals surface area contributed by atoms with Gasteiger partial charge in [0.1, 0.15) is 0 Å². The van der Waals surface area contributed by atoms with Gasteiger partial charge in [-0.25, -0.2) is 8.78 Å². The Morgan fingerprint density at radius 2 is 2.07 bits per heavy atom. The van der Waals surface area contributed by atoms with Crippen LogP contribution in [0.15, 0.2) is 30.9 Å². The molecule has 0 fully saturated rings. The number of rotatable bonds is 4. The fraction of sp³-hybridized carbons (Fsp3) is 0.333. The summed E-state index contributed by atoms with van der Waals surface area (Å²) < 4.78 is 25.6. The maximum absolute atomic E-state index is 12.9. The van der Waals surface area contributed by atoms with E-state index in [1.165, 1.54) is 6.07 Å². The topological polar surface area (TPSA) is 0 Å². The van der Waals surface area contributed by atoms with Crippen molar-refractivity contribution in [1.82, 2.24) is 0 Å². The van der Waals surface area contributed by atoms with E-state index in [-0.39, 0.29) is 5.41 Å². The lowest BCUT2D eigenvalue weighted by molar-refractivity contribution is 0.481. The molecule has 0 N–H and O–H groups in total. The van der Waals surface area contributed by atoms with Crippen molar-refractivity contribution in [2.24, 2.45) is 5.41 Å². The summed E-state index contributed by atoms with van der Waals surface area (Å²) in [6, 6.07) is 3.99. The first-order valence-electron chi connectivity index (χ1n) is 4.64. The first-order chi connectivity index (χ1) is 7.00. The summed E-state index contributed by atoms with van der Waals surface area (Å²) in [5.41, 5.74) is 0.639. The molecular weight excluding hydrogens is 262 g/mol. The summed E-state index contributed by atoms with van der Waals surface area (Å²) in [7, 11) is 0. The number of halogens is 3. The van der Waals surface area contributed by atoms with Gasteiger partial charge in [-0.1, -0.05) is 35.0 Å². The Morgan fingerprint density at radius 3 is 2.53 bits per heavy atom. The average Bonchev–Trinajstić information content (AvgIpc) is 2.23. The van der Waals surface area contributed by atoms with Crippen LogP contribution in [0.4, 0.5) is 8.78 Å². The van der Waals surface area contributed by atoms with Gasteiger partial charge in [-0.3, -0.25) is 0 Å². The van der Waals surface area contributed by atoms with Gasteiger partial charge in [0, 0.05) is 5.33 Å². The molecule has 1 aromatic rings. The first kappa shape index (κ1) is 12.4. The Hall–Kier alpha value is -0.700. The largest absolute Gasteiger partial charge is 0.204 e. The summed E-state index contributed by atoms with van der Waals surface area (Å²) >= 11 is 3.38. The van der Waals surface area contributed by atoms with Gasteiger partial charge in [-0.05, 0) is 29.5 Å². The molecule has 0 aliphatic carbocycles. The molecule has 0 saturated carbocycles. The smallest absolute Gasteiger partial charge is 0.159 e. The van der Waals surface area contributed by atoms with E-state index in [0.29, 0.717) is 6.42 Å². The zero-order valence-electron chi connectivity index (χ0n) is 8.56. The maximum Gasteiger partial charge on any atom is 0.159 e. The van der Waals surface area contributed by atoms with Crippen LogP contribution >= 0.6 is 15.9 Å². The van der Waals surface area contributed by atoms with Gasteiger partial charge >= 0.3 is 0 Å². The van der Waals surface area contributed by atoms with Crippen LogP contribution in [-0.4, -0.2) is 5.33 Å². The third-order valence-corrected chi connectivity index (χ3v) is 3.67. The zero-order chi connectivity index (χ0) is 11.5. The zero-order valence-corrected chi connectivity index (χ0v) is 10.2. The van der Waals surface area contributed by atoms with Gasteiger partial charge in [0.2, 0.25) is 0 Å². The molecule has 0 nitrogen and oxygen atoms in total. The predicted octanol–water partition coefficient (Wildman–Crippen LogP) is 4.09. The van der Waals surface area contributed by atoms with Crippen molar-refractivity contribution in [3.05, 3.63) is 48.1 Å². The second kappa shape index (κ2) is 4.88.